The van der Waals surface area contributed by atoms with E-state index in [9.17, 15) is 0 Å². The van der Waals surface area contributed by atoms with Crippen molar-refractivity contribution in [2.24, 2.45) is 0 Å². The summed E-state index contributed by atoms with van der Waals surface area (Å²) in [5.74, 6) is 0. The molecule has 0 bridgehead atoms. The fraction of sp³-hybridized carbons (Fsp3) is 0.200. The van der Waals surface area contributed by atoms with E-state index in [4.69, 9.17) is 16.6 Å². The Morgan fingerprint density at radius 1 is 1.25 bits per heavy atom. The minimum Gasteiger partial charge on any atom is -0.311 e. The van der Waals surface area contributed by atoms with Gasteiger partial charge in [0.05, 0.1) is 16.2 Å². The molecule has 100 valence electrons. The van der Waals surface area contributed by atoms with Crippen LogP contribution < -0.4 is 5.32 Å². The van der Waals surface area contributed by atoms with Crippen LogP contribution in [0.15, 0.2) is 30.5 Å². The molecule has 4 rings (SSSR count). The number of rotatable bonds is 1. The Balaban J connectivity index is 1.94. The maximum absolute atomic E-state index is 6.25. The number of pyridine rings is 1. The zero-order chi connectivity index (χ0) is 13.5. The van der Waals surface area contributed by atoms with Crippen molar-refractivity contribution in [1.82, 2.24) is 15.3 Å². The summed E-state index contributed by atoms with van der Waals surface area (Å²) < 4.78 is 0. The van der Waals surface area contributed by atoms with Crippen molar-refractivity contribution in [2.75, 3.05) is 6.54 Å². The summed E-state index contributed by atoms with van der Waals surface area (Å²) in [5, 5.41) is 6.15. The molecule has 0 unspecified atom stereocenters. The smallest absolute Gasteiger partial charge is 0.126 e. The second-order valence-electron chi connectivity index (χ2n) is 4.81. The van der Waals surface area contributed by atoms with Crippen molar-refractivity contribution in [3.8, 4) is 10.6 Å². The van der Waals surface area contributed by atoms with Crippen LogP contribution in [-0.2, 0) is 13.0 Å². The van der Waals surface area contributed by atoms with Crippen LogP contribution in [0.3, 0.4) is 0 Å². The number of fused-ring (bicyclic) bond motifs is 2. The maximum Gasteiger partial charge on any atom is 0.126 e. The third-order valence-electron chi connectivity index (χ3n) is 3.55. The molecule has 1 aliphatic heterocycles. The van der Waals surface area contributed by atoms with Gasteiger partial charge in [0.2, 0.25) is 0 Å². The molecule has 0 spiro atoms. The molecule has 1 aromatic carbocycles. The van der Waals surface area contributed by atoms with Gasteiger partial charge in [-0.15, -0.1) is 11.3 Å². The van der Waals surface area contributed by atoms with E-state index in [1.54, 1.807) is 17.5 Å². The van der Waals surface area contributed by atoms with E-state index in [-0.39, 0.29) is 0 Å². The molecule has 5 heteroatoms. The van der Waals surface area contributed by atoms with Gasteiger partial charge in [-0.3, -0.25) is 4.98 Å². The van der Waals surface area contributed by atoms with Gasteiger partial charge >= 0.3 is 0 Å². The molecule has 1 aliphatic rings. The third kappa shape index (κ3) is 1.92. The van der Waals surface area contributed by atoms with Gasteiger partial charge in [-0.05, 0) is 24.3 Å². The molecular formula is C15H12ClN3S. The first-order valence-electron chi connectivity index (χ1n) is 6.56. The molecule has 3 nitrogen and oxygen atoms in total. The molecule has 0 saturated carbocycles. The van der Waals surface area contributed by atoms with Crippen molar-refractivity contribution in [1.29, 1.82) is 0 Å². The lowest BCUT2D eigenvalue weighted by Crippen LogP contribution is -2.22. The summed E-state index contributed by atoms with van der Waals surface area (Å²) in [7, 11) is 0. The van der Waals surface area contributed by atoms with E-state index < -0.39 is 0 Å². The molecule has 0 atom stereocenters. The molecule has 0 amide bonds. The molecule has 3 aromatic rings. The van der Waals surface area contributed by atoms with Crippen molar-refractivity contribution < 1.29 is 0 Å². The van der Waals surface area contributed by atoms with Crippen LogP contribution in [0.4, 0.5) is 0 Å². The molecule has 2 aromatic heterocycles. The van der Waals surface area contributed by atoms with E-state index in [1.165, 1.54) is 10.6 Å². The van der Waals surface area contributed by atoms with Gasteiger partial charge in [0, 0.05) is 41.5 Å². The third-order valence-corrected chi connectivity index (χ3v) is 5.01. The average molecular weight is 302 g/mol. The topological polar surface area (TPSA) is 37.8 Å². The van der Waals surface area contributed by atoms with E-state index in [2.05, 4.69) is 10.3 Å². The fourth-order valence-electron chi connectivity index (χ4n) is 2.55. The van der Waals surface area contributed by atoms with Crippen molar-refractivity contribution in [3.63, 3.8) is 0 Å². The highest BCUT2D eigenvalue weighted by atomic mass is 35.5. The average Bonchev–Trinajstić information content (AvgIpc) is 2.91. The van der Waals surface area contributed by atoms with Crippen LogP contribution in [0.25, 0.3) is 21.5 Å². The van der Waals surface area contributed by atoms with Gasteiger partial charge in [-0.1, -0.05) is 11.6 Å². The predicted octanol–water partition coefficient (Wildman–Crippen LogP) is 3.66. The standard InChI is InChI=1S/C15H12ClN3S/c16-11-4-3-10(14-9(11)2-1-6-18-14)15-19-12-5-7-17-8-13(12)20-15/h1-4,6,17H,5,7-8H2. The van der Waals surface area contributed by atoms with Gasteiger partial charge < -0.3 is 5.32 Å². The summed E-state index contributed by atoms with van der Waals surface area (Å²) in [6.45, 7) is 1.93. The molecular weight excluding hydrogens is 290 g/mol. The monoisotopic (exact) mass is 301 g/mol. The first kappa shape index (κ1) is 12.3. The highest BCUT2D eigenvalue weighted by Crippen LogP contribution is 2.35. The molecule has 1 N–H and O–H groups in total. The van der Waals surface area contributed by atoms with Crippen LogP contribution in [-0.4, -0.2) is 16.5 Å². The maximum atomic E-state index is 6.25. The molecule has 0 saturated heterocycles. The van der Waals surface area contributed by atoms with Gasteiger partial charge in [0.25, 0.3) is 0 Å². The Bertz CT molecular complexity index is 773. The summed E-state index contributed by atoms with van der Waals surface area (Å²) in [6, 6.07) is 7.87. The molecule has 0 fully saturated rings. The number of hydrogen-bond donors (Lipinski definition) is 1. The summed E-state index contributed by atoms with van der Waals surface area (Å²) in [6.07, 6.45) is 2.81. The Morgan fingerprint density at radius 2 is 2.20 bits per heavy atom. The summed E-state index contributed by atoms with van der Waals surface area (Å²) in [5.41, 5.74) is 3.23. The van der Waals surface area contributed by atoms with E-state index in [0.29, 0.717) is 0 Å². The SMILES string of the molecule is Clc1ccc(-c2nc3c(s2)CNCC3)c2ncccc12. The Morgan fingerprint density at radius 3 is 3.10 bits per heavy atom. The largest absolute Gasteiger partial charge is 0.311 e. The van der Waals surface area contributed by atoms with Gasteiger partial charge in [0.1, 0.15) is 5.01 Å². The van der Waals surface area contributed by atoms with Gasteiger partial charge in [-0.2, -0.15) is 0 Å². The highest BCUT2D eigenvalue weighted by molar-refractivity contribution is 7.15. The lowest BCUT2D eigenvalue weighted by molar-refractivity contribution is 0.644. The normalized spacial score (nSPS) is 14.4. The van der Waals surface area contributed by atoms with E-state index >= 15 is 0 Å². The number of nitrogens with zero attached hydrogens (tertiary/aromatic N) is 2. The van der Waals surface area contributed by atoms with Crippen LogP contribution in [0, 0.1) is 0 Å². The molecule has 20 heavy (non-hydrogen) atoms. The molecule has 0 aliphatic carbocycles. The van der Waals surface area contributed by atoms with Gasteiger partial charge in [0.15, 0.2) is 0 Å². The number of nitrogens with one attached hydrogen (secondary N) is 1. The highest BCUT2D eigenvalue weighted by Gasteiger charge is 2.17. The quantitative estimate of drug-likeness (QED) is 0.745. The first-order valence-corrected chi connectivity index (χ1v) is 7.75. The number of benzene rings is 1. The lowest BCUT2D eigenvalue weighted by Gasteiger charge is -2.09. The van der Waals surface area contributed by atoms with Crippen LogP contribution in [0.2, 0.25) is 5.02 Å². The number of halogens is 1. The summed E-state index contributed by atoms with van der Waals surface area (Å²) in [4.78, 5) is 10.6. The Hall–Kier alpha value is -1.49. The number of aromatic nitrogens is 2. The number of hydrogen-bond acceptors (Lipinski definition) is 4. The summed E-state index contributed by atoms with van der Waals surface area (Å²) >= 11 is 8.00. The van der Waals surface area contributed by atoms with Crippen molar-refractivity contribution >= 4 is 33.8 Å². The first-order chi connectivity index (χ1) is 9.83. The minimum absolute atomic E-state index is 0.736. The predicted molar refractivity (Wildman–Crippen MR) is 83.3 cm³/mol. The zero-order valence-electron chi connectivity index (χ0n) is 10.7. The van der Waals surface area contributed by atoms with Crippen LogP contribution >= 0.6 is 22.9 Å². The molecule has 0 radical (unpaired) electrons. The van der Waals surface area contributed by atoms with Crippen LogP contribution in [0.1, 0.15) is 10.6 Å². The lowest BCUT2D eigenvalue weighted by atomic mass is 10.1. The Labute approximate surface area is 125 Å². The van der Waals surface area contributed by atoms with Gasteiger partial charge in [-0.25, -0.2) is 4.98 Å². The second kappa shape index (κ2) is 4.81. The fourth-order valence-corrected chi connectivity index (χ4v) is 3.87. The zero-order valence-corrected chi connectivity index (χ0v) is 12.3. The van der Waals surface area contributed by atoms with Crippen molar-refractivity contribution in [3.05, 3.63) is 46.1 Å². The second-order valence-corrected chi connectivity index (χ2v) is 6.30. The van der Waals surface area contributed by atoms with Crippen molar-refractivity contribution in [2.45, 2.75) is 13.0 Å². The number of thiazole rings is 1. The molecule has 3 heterocycles. The van der Waals surface area contributed by atoms with E-state index in [0.717, 1.165) is 46.0 Å². The minimum atomic E-state index is 0.736. The van der Waals surface area contributed by atoms with Crippen LogP contribution in [0.5, 0.6) is 0 Å². The Kier molecular flexibility index (Phi) is 2.95. The van der Waals surface area contributed by atoms with E-state index in [1.807, 2.05) is 24.3 Å².